The van der Waals surface area contributed by atoms with E-state index < -0.39 is 0 Å². The number of unbranched alkanes of at least 4 members (excludes halogenated alkanes) is 3. The van der Waals surface area contributed by atoms with Gasteiger partial charge in [-0.1, -0.05) is 63.8 Å². The van der Waals surface area contributed by atoms with Crippen LogP contribution in [0.2, 0.25) is 0 Å². The van der Waals surface area contributed by atoms with E-state index in [-0.39, 0.29) is 0 Å². The highest BCUT2D eigenvalue weighted by Crippen LogP contribution is 2.39. The largest absolute Gasteiger partial charge is 0.0654 e. The Kier molecular flexibility index (Phi) is 4.65. The van der Waals surface area contributed by atoms with Gasteiger partial charge in [-0.05, 0) is 42.2 Å². The van der Waals surface area contributed by atoms with Crippen LogP contribution < -0.4 is 0 Å². The van der Waals surface area contributed by atoms with Crippen molar-refractivity contribution in [2.75, 3.05) is 0 Å². The molecular weight excluding hydrogens is 204 g/mol. The quantitative estimate of drug-likeness (QED) is 0.600. The summed E-state index contributed by atoms with van der Waals surface area (Å²) in [7, 11) is 0. The molecule has 17 heavy (non-hydrogen) atoms. The van der Waals surface area contributed by atoms with Gasteiger partial charge in [0, 0.05) is 0 Å². The Labute approximate surface area is 106 Å². The zero-order valence-electron chi connectivity index (χ0n) is 11.4. The molecule has 0 radical (unpaired) electrons. The smallest absolute Gasteiger partial charge is 0.0133 e. The molecule has 0 aliphatic heterocycles. The molecular formula is C17H26. The monoisotopic (exact) mass is 230 g/mol. The average molecular weight is 230 g/mol. The topological polar surface area (TPSA) is 0 Å². The van der Waals surface area contributed by atoms with Gasteiger partial charge in [0.15, 0.2) is 0 Å². The highest BCUT2D eigenvalue weighted by Gasteiger charge is 2.25. The van der Waals surface area contributed by atoms with Crippen LogP contribution in [-0.2, 0) is 6.42 Å². The Morgan fingerprint density at radius 3 is 2.76 bits per heavy atom. The molecule has 0 spiro atoms. The van der Waals surface area contributed by atoms with Gasteiger partial charge in [0.2, 0.25) is 0 Å². The van der Waals surface area contributed by atoms with Crippen molar-refractivity contribution in [1.29, 1.82) is 0 Å². The van der Waals surface area contributed by atoms with Crippen molar-refractivity contribution in [3.05, 3.63) is 35.4 Å². The summed E-state index contributed by atoms with van der Waals surface area (Å²) in [6.45, 7) is 4.74. The van der Waals surface area contributed by atoms with Gasteiger partial charge in [-0.2, -0.15) is 0 Å². The lowest BCUT2D eigenvalue weighted by molar-refractivity contribution is 0.372. The number of rotatable bonds is 5. The molecule has 0 nitrogen and oxygen atoms in total. The first-order chi connectivity index (χ1) is 8.33. The van der Waals surface area contributed by atoms with Crippen molar-refractivity contribution in [3.63, 3.8) is 0 Å². The number of hydrogen-bond donors (Lipinski definition) is 0. The lowest BCUT2D eigenvalue weighted by Gasteiger charge is -2.31. The molecule has 0 aromatic heterocycles. The zero-order chi connectivity index (χ0) is 12.1. The van der Waals surface area contributed by atoms with Gasteiger partial charge in [-0.15, -0.1) is 0 Å². The van der Waals surface area contributed by atoms with Crippen molar-refractivity contribution in [3.8, 4) is 0 Å². The minimum Gasteiger partial charge on any atom is -0.0654 e. The van der Waals surface area contributed by atoms with E-state index >= 15 is 0 Å². The second kappa shape index (κ2) is 6.23. The van der Waals surface area contributed by atoms with Crippen molar-refractivity contribution in [2.24, 2.45) is 5.92 Å². The molecule has 0 saturated carbocycles. The summed E-state index contributed by atoms with van der Waals surface area (Å²) in [5.74, 6) is 1.71. The highest BCUT2D eigenvalue weighted by molar-refractivity contribution is 5.33. The first kappa shape index (κ1) is 12.7. The fraction of sp³-hybridized carbons (Fsp3) is 0.647. The zero-order valence-corrected chi connectivity index (χ0v) is 11.4. The lowest BCUT2D eigenvalue weighted by atomic mass is 9.74. The van der Waals surface area contributed by atoms with Crippen molar-refractivity contribution in [1.82, 2.24) is 0 Å². The van der Waals surface area contributed by atoms with Crippen molar-refractivity contribution < 1.29 is 0 Å². The van der Waals surface area contributed by atoms with Crippen LogP contribution in [-0.4, -0.2) is 0 Å². The van der Waals surface area contributed by atoms with Gasteiger partial charge in [0.05, 0.1) is 0 Å². The summed E-state index contributed by atoms with van der Waals surface area (Å²) >= 11 is 0. The highest BCUT2D eigenvalue weighted by atomic mass is 14.3. The molecule has 1 aliphatic rings. The van der Waals surface area contributed by atoms with E-state index in [0.29, 0.717) is 0 Å². The van der Waals surface area contributed by atoms with Gasteiger partial charge in [0.1, 0.15) is 0 Å². The van der Waals surface area contributed by atoms with E-state index in [1.807, 2.05) is 0 Å². The molecule has 1 aliphatic carbocycles. The van der Waals surface area contributed by atoms with Crippen LogP contribution in [0.25, 0.3) is 0 Å². The van der Waals surface area contributed by atoms with E-state index in [4.69, 9.17) is 0 Å². The molecule has 94 valence electrons. The van der Waals surface area contributed by atoms with Crippen LogP contribution in [0.1, 0.15) is 69.4 Å². The van der Waals surface area contributed by atoms with Crippen molar-refractivity contribution in [2.45, 2.75) is 64.7 Å². The first-order valence-electron chi connectivity index (χ1n) is 7.40. The van der Waals surface area contributed by atoms with Gasteiger partial charge < -0.3 is 0 Å². The molecule has 0 heteroatoms. The predicted octanol–water partition coefficient (Wildman–Crippen LogP) is 5.32. The van der Waals surface area contributed by atoms with Crippen LogP contribution in [0.5, 0.6) is 0 Å². The van der Waals surface area contributed by atoms with Crippen LogP contribution in [0, 0.1) is 5.92 Å². The Morgan fingerprint density at radius 1 is 1.12 bits per heavy atom. The van der Waals surface area contributed by atoms with Crippen molar-refractivity contribution >= 4 is 0 Å². The fourth-order valence-corrected chi connectivity index (χ4v) is 3.25. The van der Waals surface area contributed by atoms with E-state index in [1.54, 1.807) is 11.1 Å². The standard InChI is InChI=1S/C17H26/c1-3-4-5-6-10-16-14(2)12-13-15-9-7-8-11-17(15)16/h7-9,11,14,16H,3-6,10,12-13H2,1-2H3. The molecule has 1 aromatic carbocycles. The third-order valence-corrected chi connectivity index (χ3v) is 4.38. The van der Waals surface area contributed by atoms with E-state index in [0.717, 1.165) is 11.8 Å². The molecule has 0 N–H and O–H groups in total. The fourth-order valence-electron chi connectivity index (χ4n) is 3.25. The van der Waals surface area contributed by atoms with Gasteiger partial charge in [-0.3, -0.25) is 0 Å². The van der Waals surface area contributed by atoms with Gasteiger partial charge >= 0.3 is 0 Å². The summed E-state index contributed by atoms with van der Waals surface area (Å²) < 4.78 is 0. The van der Waals surface area contributed by atoms with Crippen LogP contribution in [0.15, 0.2) is 24.3 Å². The number of aryl methyl sites for hydroxylation is 1. The SMILES string of the molecule is CCCCCCC1c2ccccc2CCC1C. The molecule has 1 aromatic rings. The molecule has 0 fully saturated rings. The van der Waals surface area contributed by atoms with E-state index in [1.165, 1.54) is 44.9 Å². The molecule has 0 amide bonds. The van der Waals surface area contributed by atoms with Gasteiger partial charge in [0.25, 0.3) is 0 Å². The summed E-state index contributed by atoms with van der Waals surface area (Å²) in [6.07, 6.45) is 9.66. The van der Waals surface area contributed by atoms with Crippen LogP contribution >= 0.6 is 0 Å². The summed E-state index contributed by atoms with van der Waals surface area (Å²) in [5, 5.41) is 0. The molecule has 2 unspecified atom stereocenters. The molecule has 0 saturated heterocycles. The second-order valence-corrected chi connectivity index (χ2v) is 5.67. The Hall–Kier alpha value is -0.780. The maximum absolute atomic E-state index is 2.44. The maximum Gasteiger partial charge on any atom is -0.0133 e. The molecule has 2 atom stereocenters. The number of hydrogen-bond acceptors (Lipinski definition) is 0. The number of fused-ring (bicyclic) bond motifs is 1. The summed E-state index contributed by atoms with van der Waals surface area (Å²) in [4.78, 5) is 0. The summed E-state index contributed by atoms with van der Waals surface area (Å²) in [5.41, 5.74) is 3.27. The third kappa shape index (κ3) is 3.12. The van der Waals surface area contributed by atoms with E-state index in [2.05, 4.69) is 38.1 Å². The van der Waals surface area contributed by atoms with Crippen LogP contribution in [0.4, 0.5) is 0 Å². The molecule has 2 rings (SSSR count). The Balaban J connectivity index is 2.00. The minimum absolute atomic E-state index is 0.830. The normalized spacial score (nSPS) is 23.4. The predicted molar refractivity (Wildman–Crippen MR) is 75.4 cm³/mol. The first-order valence-corrected chi connectivity index (χ1v) is 7.40. The minimum atomic E-state index is 0.830. The van der Waals surface area contributed by atoms with Gasteiger partial charge in [-0.25, -0.2) is 0 Å². The summed E-state index contributed by atoms with van der Waals surface area (Å²) in [6, 6.07) is 9.12. The van der Waals surface area contributed by atoms with Crippen LogP contribution in [0.3, 0.4) is 0 Å². The Morgan fingerprint density at radius 2 is 1.94 bits per heavy atom. The molecule has 0 heterocycles. The van der Waals surface area contributed by atoms with E-state index in [9.17, 15) is 0 Å². The molecule has 0 bridgehead atoms. The lowest BCUT2D eigenvalue weighted by Crippen LogP contribution is -2.18. The number of benzene rings is 1. The average Bonchev–Trinajstić information content (AvgIpc) is 2.37. The third-order valence-electron chi connectivity index (χ3n) is 4.38. The maximum atomic E-state index is 2.44. The Bertz CT molecular complexity index is 340. The second-order valence-electron chi connectivity index (χ2n) is 5.67.